The zero-order valence-corrected chi connectivity index (χ0v) is 14.7. The molecule has 0 amide bonds. The van der Waals surface area contributed by atoms with Gasteiger partial charge in [-0.2, -0.15) is 0 Å². The zero-order chi connectivity index (χ0) is 12.6. The molecule has 102 valence electrons. The van der Waals surface area contributed by atoms with Crippen molar-refractivity contribution in [3.8, 4) is 0 Å². The third-order valence-corrected chi connectivity index (χ3v) is 4.66. The summed E-state index contributed by atoms with van der Waals surface area (Å²) in [6.45, 7) is 6.37. The first kappa shape index (κ1) is 17.7. The normalized spacial score (nSPS) is 10.9. The van der Waals surface area contributed by atoms with Crippen molar-refractivity contribution in [1.82, 2.24) is 0 Å². The van der Waals surface area contributed by atoms with Crippen LogP contribution in [0.1, 0.15) is 78.1 Å². The van der Waals surface area contributed by atoms with Gasteiger partial charge in [0, 0.05) is 0 Å². The molecule has 2 nitrogen and oxygen atoms in total. The Kier molecular flexibility index (Phi) is 17.4. The van der Waals surface area contributed by atoms with E-state index in [1.54, 1.807) is 0 Å². The molecule has 0 aromatic carbocycles. The van der Waals surface area contributed by atoms with Crippen molar-refractivity contribution in [2.24, 2.45) is 0 Å². The van der Waals surface area contributed by atoms with Crippen molar-refractivity contribution in [2.45, 2.75) is 78.1 Å². The first-order valence-corrected chi connectivity index (χ1v) is 9.73. The molecule has 0 rings (SSSR count). The third-order valence-electron chi connectivity index (χ3n) is 2.82. The summed E-state index contributed by atoms with van der Waals surface area (Å²) in [5.74, 6) is 0. The van der Waals surface area contributed by atoms with E-state index in [1.807, 2.05) is 0 Å². The molecule has 0 unspecified atom stereocenters. The number of rotatable bonds is 14. The van der Waals surface area contributed by atoms with E-state index >= 15 is 0 Å². The predicted octanol–water partition coefficient (Wildman–Crippen LogP) is 4.49. The van der Waals surface area contributed by atoms with Crippen LogP contribution in [0.3, 0.4) is 0 Å². The van der Waals surface area contributed by atoms with Crippen molar-refractivity contribution in [3.05, 3.63) is 0 Å². The van der Waals surface area contributed by atoms with Crippen LogP contribution < -0.4 is 0 Å². The van der Waals surface area contributed by atoms with Crippen molar-refractivity contribution in [3.63, 3.8) is 0 Å². The van der Waals surface area contributed by atoms with Crippen LogP contribution in [0.4, 0.5) is 0 Å². The SMILES string of the molecule is CCCCCCC[O][Sn][O]CCCCCCC. The second-order valence-corrected chi connectivity index (χ2v) is 6.73. The Hall–Kier alpha value is 0.719. The van der Waals surface area contributed by atoms with Gasteiger partial charge in [0.1, 0.15) is 0 Å². The molecule has 0 fully saturated rings. The van der Waals surface area contributed by atoms with Gasteiger partial charge in [0.05, 0.1) is 0 Å². The molecule has 0 aliphatic rings. The molecular weight excluding hydrogens is 319 g/mol. The second-order valence-electron chi connectivity index (χ2n) is 4.61. The molecular formula is C14H30O2Sn. The Bertz CT molecular complexity index is 117. The summed E-state index contributed by atoms with van der Waals surface area (Å²) in [5.41, 5.74) is 0. The Labute approximate surface area is 119 Å². The van der Waals surface area contributed by atoms with Crippen molar-refractivity contribution in [1.29, 1.82) is 0 Å². The van der Waals surface area contributed by atoms with Gasteiger partial charge in [-0.15, -0.1) is 0 Å². The molecule has 3 heteroatoms. The van der Waals surface area contributed by atoms with Crippen LogP contribution in [0.25, 0.3) is 0 Å². The maximum absolute atomic E-state index is 5.59. The number of hydrogen-bond donors (Lipinski definition) is 0. The van der Waals surface area contributed by atoms with Crippen molar-refractivity contribution in [2.75, 3.05) is 13.2 Å². The van der Waals surface area contributed by atoms with Crippen LogP contribution in [0.15, 0.2) is 0 Å². The van der Waals surface area contributed by atoms with E-state index in [4.69, 9.17) is 6.15 Å². The summed E-state index contributed by atoms with van der Waals surface area (Å²) in [4.78, 5) is 0. The fraction of sp³-hybridized carbons (Fsp3) is 1.00. The minimum absolute atomic E-state index is 0.926. The summed E-state index contributed by atoms with van der Waals surface area (Å²) in [5, 5.41) is 0. The quantitative estimate of drug-likeness (QED) is 0.340. The summed E-state index contributed by atoms with van der Waals surface area (Å²) in [7, 11) is 0. The Balaban J connectivity index is 2.85. The summed E-state index contributed by atoms with van der Waals surface area (Å²) in [6, 6.07) is 0. The molecule has 17 heavy (non-hydrogen) atoms. The fourth-order valence-corrected chi connectivity index (χ4v) is 3.22. The molecule has 0 saturated carbocycles. The minimum atomic E-state index is -0.926. The molecule has 0 aliphatic heterocycles. The van der Waals surface area contributed by atoms with Crippen LogP contribution in [-0.2, 0) is 6.15 Å². The van der Waals surface area contributed by atoms with E-state index in [0.717, 1.165) is 13.2 Å². The second kappa shape index (κ2) is 16.7. The Morgan fingerprint density at radius 2 is 1.00 bits per heavy atom. The average molecular weight is 349 g/mol. The number of hydrogen-bond acceptors (Lipinski definition) is 2. The molecule has 0 atom stereocenters. The third kappa shape index (κ3) is 16.7. The van der Waals surface area contributed by atoms with Crippen LogP contribution >= 0.6 is 0 Å². The molecule has 0 bridgehead atoms. The van der Waals surface area contributed by atoms with Gasteiger partial charge in [-0.05, 0) is 0 Å². The van der Waals surface area contributed by atoms with Gasteiger partial charge < -0.3 is 0 Å². The van der Waals surface area contributed by atoms with E-state index in [9.17, 15) is 0 Å². The maximum atomic E-state index is 5.59. The zero-order valence-electron chi connectivity index (χ0n) is 11.8. The van der Waals surface area contributed by atoms with Crippen LogP contribution in [0.2, 0.25) is 0 Å². The Morgan fingerprint density at radius 3 is 1.41 bits per heavy atom. The predicted molar refractivity (Wildman–Crippen MR) is 75.2 cm³/mol. The van der Waals surface area contributed by atoms with Gasteiger partial charge in [0.15, 0.2) is 0 Å². The van der Waals surface area contributed by atoms with Crippen molar-refractivity contribution >= 4 is 22.0 Å². The van der Waals surface area contributed by atoms with Crippen LogP contribution in [-0.4, -0.2) is 35.2 Å². The molecule has 0 aromatic rings. The van der Waals surface area contributed by atoms with Gasteiger partial charge >= 0.3 is 119 Å². The molecule has 0 spiro atoms. The van der Waals surface area contributed by atoms with E-state index in [-0.39, 0.29) is 0 Å². The van der Waals surface area contributed by atoms with Gasteiger partial charge in [-0.3, -0.25) is 0 Å². The molecule has 0 N–H and O–H groups in total. The van der Waals surface area contributed by atoms with Crippen molar-refractivity contribution < 1.29 is 6.15 Å². The van der Waals surface area contributed by atoms with E-state index < -0.39 is 22.0 Å². The summed E-state index contributed by atoms with van der Waals surface area (Å²) >= 11 is -0.926. The Morgan fingerprint density at radius 1 is 0.588 bits per heavy atom. The molecule has 0 aromatic heterocycles. The van der Waals surface area contributed by atoms with E-state index in [2.05, 4.69) is 13.8 Å². The average Bonchev–Trinajstić information content (AvgIpc) is 2.35. The van der Waals surface area contributed by atoms with Crippen LogP contribution in [0, 0.1) is 0 Å². The first-order valence-electron chi connectivity index (χ1n) is 7.40. The monoisotopic (exact) mass is 350 g/mol. The van der Waals surface area contributed by atoms with Gasteiger partial charge in [0.25, 0.3) is 0 Å². The number of unbranched alkanes of at least 4 members (excludes halogenated alkanes) is 8. The molecule has 0 heterocycles. The van der Waals surface area contributed by atoms with E-state index in [1.165, 1.54) is 64.2 Å². The van der Waals surface area contributed by atoms with Crippen LogP contribution in [0.5, 0.6) is 0 Å². The molecule has 0 saturated heterocycles. The standard InChI is InChI=1S/2C7H15O.Sn/c2*1-2-3-4-5-6-7-8;/h2*2-7H2,1H3;/q2*-1;+2. The summed E-state index contributed by atoms with van der Waals surface area (Å²) in [6.07, 6.45) is 13.2. The topological polar surface area (TPSA) is 18.5 Å². The molecule has 2 radical (unpaired) electrons. The fourth-order valence-electron chi connectivity index (χ4n) is 1.68. The van der Waals surface area contributed by atoms with Gasteiger partial charge in [-0.25, -0.2) is 0 Å². The summed E-state index contributed by atoms with van der Waals surface area (Å²) < 4.78 is 11.2. The van der Waals surface area contributed by atoms with E-state index in [0.29, 0.717) is 0 Å². The van der Waals surface area contributed by atoms with Gasteiger partial charge in [-0.1, -0.05) is 0 Å². The van der Waals surface area contributed by atoms with Gasteiger partial charge in [0.2, 0.25) is 0 Å². The molecule has 0 aliphatic carbocycles. The first-order chi connectivity index (χ1) is 8.41.